The normalized spacial score (nSPS) is 13.2. The van der Waals surface area contributed by atoms with Crippen molar-refractivity contribution in [3.8, 4) is 0 Å². The molecule has 3 aromatic carbocycles. The predicted octanol–water partition coefficient (Wildman–Crippen LogP) is 6.74. The molecule has 4 rings (SSSR count). The molecule has 37 heavy (non-hydrogen) atoms. The molecule has 1 heterocycles. The molecule has 9 heteroatoms. The van der Waals surface area contributed by atoms with Gasteiger partial charge in [0.1, 0.15) is 23.0 Å². The summed E-state index contributed by atoms with van der Waals surface area (Å²) in [4.78, 5) is 17.8. The van der Waals surface area contributed by atoms with E-state index in [1.807, 2.05) is 0 Å². The van der Waals surface area contributed by atoms with Gasteiger partial charge in [-0.15, -0.1) is 0 Å². The van der Waals surface area contributed by atoms with Crippen molar-refractivity contribution in [2.75, 3.05) is 0 Å². The van der Waals surface area contributed by atoms with E-state index in [1.54, 1.807) is 49.4 Å². The van der Waals surface area contributed by atoms with Gasteiger partial charge in [0.05, 0.1) is 11.3 Å². The monoisotopic (exact) mass is 514 g/mol. The van der Waals surface area contributed by atoms with Crippen LogP contribution in [-0.2, 0) is 18.1 Å². The maximum Gasteiger partial charge on any atom is 0.419 e. The number of nitrogens with zero attached hydrogens (tertiary/aromatic N) is 1. The Morgan fingerprint density at radius 2 is 1.54 bits per heavy atom. The number of carbonyl (C=O) groups is 1. The number of nitrogens with one attached hydrogen (secondary N) is 1. The SMILES string of the molecule is Cc1ccc(C(Cc2ccccc2)(NC(=O)c2ccc(F)c(C(F)(F)F)c2)c2cc(F)cc(F)c2)nc1. The molecule has 0 bridgehead atoms. The Hall–Kier alpha value is -4.14. The summed E-state index contributed by atoms with van der Waals surface area (Å²) in [5, 5.41) is 2.68. The highest BCUT2D eigenvalue weighted by molar-refractivity contribution is 5.95. The molecule has 1 atom stereocenters. The summed E-state index contributed by atoms with van der Waals surface area (Å²) in [5.74, 6) is -4.40. The topological polar surface area (TPSA) is 42.0 Å². The third kappa shape index (κ3) is 5.66. The van der Waals surface area contributed by atoms with Crippen LogP contribution in [0.1, 0.15) is 38.3 Å². The molecule has 0 aliphatic carbocycles. The molecule has 1 unspecified atom stereocenters. The van der Waals surface area contributed by atoms with E-state index in [1.165, 1.54) is 6.20 Å². The van der Waals surface area contributed by atoms with E-state index in [0.29, 0.717) is 23.8 Å². The molecule has 0 saturated heterocycles. The Balaban J connectivity index is 1.92. The zero-order valence-corrected chi connectivity index (χ0v) is 19.4. The highest BCUT2D eigenvalue weighted by atomic mass is 19.4. The van der Waals surface area contributed by atoms with Crippen molar-refractivity contribution in [2.24, 2.45) is 0 Å². The van der Waals surface area contributed by atoms with Gasteiger partial charge in [-0.25, -0.2) is 13.2 Å². The van der Waals surface area contributed by atoms with Crippen molar-refractivity contribution >= 4 is 5.91 Å². The average Bonchev–Trinajstić information content (AvgIpc) is 2.83. The summed E-state index contributed by atoms with van der Waals surface area (Å²) in [6.07, 6.45) is -3.59. The standard InChI is InChI=1S/C28H20F6N2O/c1-17-7-10-25(35-16-17)27(15-18-5-3-2-4-6-18,20-12-21(29)14-22(30)13-20)36-26(37)19-8-9-24(31)23(11-19)28(32,33)34/h2-14,16H,15H2,1H3,(H,36,37). The predicted molar refractivity (Wildman–Crippen MR) is 125 cm³/mol. The lowest BCUT2D eigenvalue weighted by atomic mass is 9.80. The highest BCUT2D eigenvalue weighted by Gasteiger charge is 2.40. The van der Waals surface area contributed by atoms with Crippen LogP contribution in [-0.4, -0.2) is 10.9 Å². The molecule has 0 aliphatic heterocycles. The van der Waals surface area contributed by atoms with E-state index in [2.05, 4.69) is 10.3 Å². The summed E-state index contributed by atoms with van der Waals surface area (Å²) in [6, 6.07) is 16.5. The van der Waals surface area contributed by atoms with E-state index < -0.39 is 46.2 Å². The van der Waals surface area contributed by atoms with Crippen LogP contribution in [0.2, 0.25) is 0 Å². The number of pyridine rings is 1. The minimum atomic E-state index is -5.04. The second-order valence-electron chi connectivity index (χ2n) is 8.59. The fourth-order valence-corrected chi connectivity index (χ4v) is 4.09. The van der Waals surface area contributed by atoms with Crippen molar-refractivity contribution in [3.63, 3.8) is 0 Å². The minimum Gasteiger partial charge on any atom is -0.337 e. The molecular weight excluding hydrogens is 494 g/mol. The molecule has 190 valence electrons. The number of alkyl halides is 3. The van der Waals surface area contributed by atoms with Gasteiger partial charge in [-0.1, -0.05) is 36.4 Å². The van der Waals surface area contributed by atoms with Crippen molar-refractivity contribution in [3.05, 3.63) is 136 Å². The molecule has 0 fully saturated rings. The van der Waals surface area contributed by atoms with E-state index >= 15 is 0 Å². The number of benzene rings is 3. The molecule has 1 amide bonds. The summed E-state index contributed by atoms with van der Waals surface area (Å²) in [7, 11) is 0. The lowest BCUT2D eigenvalue weighted by Gasteiger charge is -2.35. The van der Waals surface area contributed by atoms with Crippen molar-refractivity contribution in [1.29, 1.82) is 0 Å². The van der Waals surface area contributed by atoms with Crippen LogP contribution in [0.4, 0.5) is 26.3 Å². The number of halogens is 6. The molecule has 0 aliphatic rings. The van der Waals surface area contributed by atoms with E-state index in [-0.39, 0.29) is 17.7 Å². The van der Waals surface area contributed by atoms with E-state index in [9.17, 15) is 31.1 Å². The first-order chi connectivity index (χ1) is 17.5. The molecule has 3 nitrogen and oxygen atoms in total. The summed E-state index contributed by atoms with van der Waals surface area (Å²) < 4.78 is 82.6. The van der Waals surface area contributed by atoms with Crippen LogP contribution in [0.25, 0.3) is 0 Å². The first kappa shape index (κ1) is 25.9. The lowest BCUT2D eigenvalue weighted by Crippen LogP contribution is -2.49. The van der Waals surface area contributed by atoms with Crippen molar-refractivity contribution in [2.45, 2.75) is 25.1 Å². The zero-order chi connectivity index (χ0) is 26.8. The number of aryl methyl sites for hydroxylation is 1. The van der Waals surface area contributed by atoms with Gasteiger partial charge in [-0.3, -0.25) is 9.78 Å². The number of carbonyl (C=O) groups excluding carboxylic acids is 1. The summed E-state index contributed by atoms with van der Waals surface area (Å²) >= 11 is 0. The van der Waals surface area contributed by atoms with Crippen LogP contribution >= 0.6 is 0 Å². The van der Waals surface area contributed by atoms with Gasteiger partial charge in [-0.05, 0) is 60.0 Å². The third-order valence-electron chi connectivity index (χ3n) is 5.88. The largest absolute Gasteiger partial charge is 0.419 e. The van der Waals surface area contributed by atoms with E-state index in [4.69, 9.17) is 0 Å². The van der Waals surface area contributed by atoms with Crippen LogP contribution in [0.3, 0.4) is 0 Å². The smallest absolute Gasteiger partial charge is 0.337 e. The number of hydrogen-bond donors (Lipinski definition) is 1. The number of amides is 1. The average molecular weight is 514 g/mol. The fraction of sp³-hybridized carbons (Fsp3) is 0.143. The van der Waals surface area contributed by atoms with Gasteiger partial charge in [-0.2, -0.15) is 13.2 Å². The Labute approximate surface area is 208 Å². The number of rotatable bonds is 6. The van der Waals surface area contributed by atoms with Crippen LogP contribution in [0.5, 0.6) is 0 Å². The first-order valence-corrected chi connectivity index (χ1v) is 11.1. The maximum absolute atomic E-state index is 14.4. The maximum atomic E-state index is 14.4. The second kappa shape index (κ2) is 10.1. The van der Waals surface area contributed by atoms with E-state index in [0.717, 1.165) is 23.8 Å². The molecule has 1 aromatic heterocycles. The van der Waals surface area contributed by atoms with Crippen LogP contribution in [0, 0.1) is 24.4 Å². The van der Waals surface area contributed by atoms with Gasteiger partial charge >= 0.3 is 6.18 Å². The van der Waals surface area contributed by atoms with Crippen molar-refractivity contribution < 1.29 is 31.1 Å². The van der Waals surface area contributed by atoms with Gasteiger partial charge < -0.3 is 5.32 Å². The molecule has 4 aromatic rings. The Kier molecular flexibility index (Phi) is 7.07. The Morgan fingerprint density at radius 3 is 2.14 bits per heavy atom. The first-order valence-electron chi connectivity index (χ1n) is 11.1. The fourth-order valence-electron chi connectivity index (χ4n) is 4.09. The summed E-state index contributed by atoms with van der Waals surface area (Å²) in [5.41, 5.74) is -2.22. The molecule has 0 radical (unpaired) electrons. The highest BCUT2D eigenvalue weighted by Crippen LogP contribution is 2.35. The quantitative estimate of drug-likeness (QED) is 0.290. The lowest BCUT2D eigenvalue weighted by molar-refractivity contribution is -0.140. The van der Waals surface area contributed by atoms with Crippen LogP contribution < -0.4 is 5.32 Å². The Morgan fingerprint density at radius 1 is 0.865 bits per heavy atom. The molecular formula is C28H20F6N2O. The van der Waals surface area contributed by atoms with Gasteiger partial charge in [0.25, 0.3) is 5.91 Å². The number of aromatic nitrogens is 1. The minimum absolute atomic E-state index is 0.0169. The van der Waals surface area contributed by atoms with Crippen molar-refractivity contribution in [1.82, 2.24) is 10.3 Å². The molecule has 0 spiro atoms. The van der Waals surface area contributed by atoms with Gasteiger partial charge in [0.2, 0.25) is 0 Å². The number of hydrogen-bond acceptors (Lipinski definition) is 2. The molecule has 1 N–H and O–H groups in total. The van der Waals surface area contributed by atoms with Gasteiger partial charge in [0.15, 0.2) is 0 Å². The third-order valence-corrected chi connectivity index (χ3v) is 5.88. The Bertz CT molecular complexity index is 1400. The summed E-state index contributed by atoms with van der Waals surface area (Å²) in [6.45, 7) is 1.77. The molecule has 0 saturated carbocycles. The van der Waals surface area contributed by atoms with Gasteiger partial charge in [0, 0.05) is 24.2 Å². The second-order valence-corrected chi connectivity index (χ2v) is 8.59. The van der Waals surface area contributed by atoms with Crippen LogP contribution in [0.15, 0.2) is 85.1 Å². The zero-order valence-electron chi connectivity index (χ0n) is 19.4.